The van der Waals surface area contributed by atoms with Crippen LogP contribution in [0, 0.1) is 0 Å². The summed E-state index contributed by atoms with van der Waals surface area (Å²) < 4.78 is 18.0. The molecule has 0 aliphatic carbocycles. The van der Waals surface area contributed by atoms with Crippen LogP contribution in [0.5, 0.6) is 17.2 Å². The van der Waals surface area contributed by atoms with Gasteiger partial charge in [-0.1, -0.05) is 36.7 Å². The lowest BCUT2D eigenvalue weighted by molar-refractivity contribution is -0.132. The highest BCUT2D eigenvalue weighted by Gasteiger charge is 2.23. The number of fused-ring (bicyclic) bond motifs is 1. The van der Waals surface area contributed by atoms with Gasteiger partial charge in [0, 0.05) is 22.4 Å². The van der Waals surface area contributed by atoms with Crippen molar-refractivity contribution in [2.24, 2.45) is 5.10 Å². The number of aromatic nitrogens is 2. The average Bonchev–Trinajstić information content (AvgIpc) is 2.72. The zero-order chi connectivity index (χ0) is 23.6. The van der Waals surface area contributed by atoms with E-state index < -0.39 is 11.4 Å². The lowest BCUT2D eigenvalue weighted by Crippen LogP contribution is -2.29. The van der Waals surface area contributed by atoms with Gasteiger partial charge in [0.15, 0.2) is 11.5 Å². The van der Waals surface area contributed by atoms with E-state index in [0.29, 0.717) is 33.8 Å². The van der Waals surface area contributed by atoms with Crippen LogP contribution < -0.4 is 19.8 Å². The highest BCUT2D eigenvalue weighted by molar-refractivity contribution is 9.10. The van der Waals surface area contributed by atoms with Crippen molar-refractivity contribution in [1.29, 1.82) is 0 Å². The van der Waals surface area contributed by atoms with Crippen molar-refractivity contribution in [1.82, 2.24) is 9.66 Å². The summed E-state index contributed by atoms with van der Waals surface area (Å²) in [6.45, 7) is 7.18. The lowest BCUT2D eigenvalue weighted by Gasteiger charge is -2.21. The minimum Gasteiger partial charge on any atom is -0.493 e. The van der Waals surface area contributed by atoms with Crippen molar-refractivity contribution >= 4 is 39.0 Å². The van der Waals surface area contributed by atoms with Gasteiger partial charge in [0.1, 0.15) is 5.82 Å². The highest BCUT2D eigenvalue weighted by Crippen LogP contribution is 2.38. The van der Waals surface area contributed by atoms with Crippen LogP contribution in [-0.2, 0) is 10.2 Å². The fraction of sp³-hybridized carbons (Fsp3) is 0.304. The molecular weight excluding hydrogens is 478 g/mol. The Hall–Kier alpha value is -3.20. The van der Waals surface area contributed by atoms with E-state index in [2.05, 4.69) is 21.0 Å². The van der Waals surface area contributed by atoms with Crippen LogP contribution in [0.3, 0.4) is 0 Å². The number of nitrogens with zero attached hydrogens (tertiary/aromatic N) is 3. The van der Waals surface area contributed by atoms with E-state index in [4.69, 9.17) is 19.2 Å². The van der Waals surface area contributed by atoms with Crippen LogP contribution in [0.25, 0.3) is 10.9 Å². The largest absolute Gasteiger partial charge is 0.493 e. The molecule has 32 heavy (non-hydrogen) atoms. The molecule has 0 N–H and O–H groups in total. The maximum Gasteiger partial charge on any atom is 0.308 e. The quantitative estimate of drug-likeness (QED) is 0.294. The molecule has 0 saturated carbocycles. The van der Waals surface area contributed by atoms with Gasteiger partial charge in [-0.2, -0.15) is 9.78 Å². The first-order valence-electron chi connectivity index (χ1n) is 9.76. The van der Waals surface area contributed by atoms with Crippen molar-refractivity contribution in [3.8, 4) is 17.2 Å². The molecule has 2 aromatic carbocycles. The van der Waals surface area contributed by atoms with Crippen molar-refractivity contribution in [2.45, 2.75) is 33.1 Å². The van der Waals surface area contributed by atoms with Crippen LogP contribution in [-0.4, -0.2) is 36.1 Å². The summed E-state index contributed by atoms with van der Waals surface area (Å²) in [5.74, 6) is 0.779. The Morgan fingerprint density at radius 2 is 1.75 bits per heavy atom. The smallest absolute Gasteiger partial charge is 0.308 e. The van der Waals surface area contributed by atoms with Crippen LogP contribution in [0.1, 0.15) is 39.1 Å². The van der Waals surface area contributed by atoms with Gasteiger partial charge in [0.25, 0.3) is 5.56 Å². The number of halogens is 1. The third kappa shape index (κ3) is 4.83. The maximum atomic E-state index is 13.3. The predicted molar refractivity (Wildman–Crippen MR) is 126 cm³/mol. The zero-order valence-electron chi connectivity index (χ0n) is 18.7. The van der Waals surface area contributed by atoms with E-state index in [1.165, 1.54) is 32.0 Å². The number of esters is 1. The first-order chi connectivity index (χ1) is 15.0. The number of ether oxygens (including phenoxy) is 3. The standard InChI is InChI=1S/C23H24BrN3O5/c1-13(28)32-20-18(30-5)9-14(10-19(20)31-6)12-25-27-21(29)16-11-15(24)7-8-17(16)26-22(27)23(2,3)4/h7-12H,1-6H3. The van der Waals surface area contributed by atoms with Crippen molar-refractivity contribution in [3.63, 3.8) is 0 Å². The molecule has 0 aliphatic rings. The SMILES string of the molecule is COc1cc(C=Nn2c(C(C)(C)C)nc3ccc(Br)cc3c2=O)cc(OC)c1OC(C)=O. The second kappa shape index (κ2) is 9.12. The van der Waals surface area contributed by atoms with Crippen LogP contribution in [0.2, 0.25) is 0 Å². The molecule has 0 spiro atoms. The Morgan fingerprint density at radius 1 is 1.12 bits per heavy atom. The van der Waals surface area contributed by atoms with E-state index in [1.807, 2.05) is 26.8 Å². The summed E-state index contributed by atoms with van der Waals surface area (Å²) >= 11 is 3.40. The molecule has 0 aliphatic heterocycles. The number of hydrogen-bond donors (Lipinski definition) is 0. The van der Waals surface area contributed by atoms with E-state index in [0.717, 1.165) is 4.47 Å². The van der Waals surface area contributed by atoms with Crippen molar-refractivity contribution in [2.75, 3.05) is 14.2 Å². The second-order valence-electron chi connectivity index (χ2n) is 8.06. The van der Waals surface area contributed by atoms with Gasteiger partial charge in [-0.15, -0.1) is 0 Å². The third-order valence-electron chi connectivity index (χ3n) is 4.53. The average molecular weight is 502 g/mol. The summed E-state index contributed by atoms with van der Waals surface area (Å²) in [6.07, 6.45) is 1.50. The zero-order valence-corrected chi connectivity index (χ0v) is 20.3. The summed E-state index contributed by atoms with van der Waals surface area (Å²) in [7, 11) is 2.91. The number of carbonyl (C=O) groups excluding carboxylic acids is 1. The van der Waals surface area contributed by atoms with Gasteiger partial charge in [-0.05, 0) is 30.3 Å². The molecule has 0 amide bonds. The molecule has 9 heteroatoms. The molecule has 0 bridgehead atoms. The Bertz CT molecular complexity index is 1250. The highest BCUT2D eigenvalue weighted by atomic mass is 79.9. The molecule has 0 atom stereocenters. The van der Waals surface area contributed by atoms with Gasteiger partial charge in [0.05, 0.1) is 31.3 Å². The Morgan fingerprint density at radius 3 is 2.28 bits per heavy atom. The molecule has 1 aromatic heterocycles. The fourth-order valence-corrected chi connectivity index (χ4v) is 3.45. The van der Waals surface area contributed by atoms with Gasteiger partial charge in [-0.3, -0.25) is 9.59 Å². The van der Waals surface area contributed by atoms with E-state index in [1.54, 1.807) is 24.3 Å². The molecule has 0 saturated heterocycles. The molecule has 3 aromatic rings. The maximum absolute atomic E-state index is 13.3. The van der Waals surface area contributed by atoms with Gasteiger partial charge in [0.2, 0.25) is 5.75 Å². The predicted octanol–water partition coefficient (Wildman–Crippen LogP) is 4.28. The van der Waals surface area contributed by atoms with E-state index >= 15 is 0 Å². The summed E-state index contributed by atoms with van der Waals surface area (Å²) in [5, 5.41) is 4.90. The first-order valence-corrected chi connectivity index (χ1v) is 10.6. The summed E-state index contributed by atoms with van der Waals surface area (Å²) in [5.41, 5.74) is 0.457. The minimum atomic E-state index is -0.502. The van der Waals surface area contributed by atoms with Crippen LogP contribution in [0.4, 0.5) is 0 Å². The topological polar surface area (TPSA) is 92.0 Å². The van der Waals surface area contributed by atoms with Crippen LogP contribution in [0.15, 0.2) is 44.7 Å². The lowest BCUT2D eigenvalue weighted by atomic mass is 9.95. The summed E-state index contributed by atoms with van der Waals surface area (Å²) in [4.78, 5) is 29.4. The van der Waals surface area contributed by atoms with Gasteiger partial charge >= 0.3 is 5.97 Å². The Balaban J connectivity index is 2.19. The fourth-order valence-electron chi connectivity index (χ4n) is 3.08. The molecule has 0 radical (unpaired) electrons. The van der Waals surface area contributed by atoms with Crippen molar-refractivity contribution in [3.05, 3.63) is 56.5 Å². The monoisotopic (exact) mass is 501 g/mol. The first kappa shape index (κ1) is 23.5. The molecular formula is C23H24BrN3O5. The number of benzene rings is 2. The van der Waals surface area contributed by atoms with E-state index in [9.17, 15) is 9.59 Å². The number of carbonyl (C=O) groups is 1. The second-order valence-corrected chi connectivity index (χ2v) is 8.97. The van der Waals surface area contributed by atoms with Crippen LogP contribution >= 0.6 is 15.9 Å². The molecule has 0 unspecified atom stereocenters. The molecule has 3 rings (SSSR count). The molecule has 0 fully saturated rings. The number of methoxy groups -OCH3 is 2. The minimum absolute atomic E-state index is 0.171. The molecule has 168 valence electrons. The Labute approximate surface area is 194 Å². The van der Waals surface area contributed by atoms with E-state index in [-0.39, 0.29) is 11.3 Å². The summed E-state index contributed by atoms with van der Waals surface area (Å²) in [6, 6.07) is 8.64. The number of rotatable bonds is 5. The normalized spacial score (nSPS) is 11.7. The third-order valence-corrected chi connectivity index (χ3v) is 5.02. The molecule has 1 heterocycles. The van der Waals surface area contributed by atoms with Gasteiger partial charge in [-0.25, -0.2) is 4.98 Å². The van der Waals surface area contributed by atoms with Gasteiger partial charge < -0.3 is 14.2 Å². The van der Waals surface area contributed by atoms with Crippen molar-refractivity contribution < 1.29 is 19.0 Å². The Kier molecular flexibility index (Phi) is 6.68. The number of hydrogen-bond acceptors (Lipinski definition) is 7. The molecule has 8 nitrogen and oxygen atoms in total.